The van der Waals surface area contributed by atoms with Crippen molar-refractivity contribution in [1.29, 1.82) is 0 Å². The molecule has 0 aromatic heterocycles. The first kappa shape index (κ1) is 17.5. The van der Waals surface area contributed by atoms with E-state index in [1.165, 1.54) is 19.2 Å². The Bertz CT molecular complexity index is 835. The predicted molar refractivity (Wildman–Crippen MR) is 94.1 cm³/mol. The van der Waals surface area contributed by atoms with Gasteiger partial charge in [-0.05, 0) is 25.0 Å². The van der Waals surface area contributed by atoms with E-state index in [9.17, 15) is 19.5 Å². The smallest absolute Gasteiger partial charge is 0.254 e. The van der Waals surface area contributed by atoms with Crippen LogP contribution in [0.15, 0.2) is 27.8 Å². The van der Waals surface area contributed by atoms with Gasteiger partial charge in [0.25, 0.3) is 16.8 Å². The van der Waals surface area contributed by atoms with Gasteiger partial charge in [0.05, 0.1) is 11.3 Å². The molecule has 0 heterocycles. The molecule has 0 fully saturated rings. The van der Waals surface area contributed by atoms with E-state index in [0.29, 0.717) is 0 Å². The minimum Gasteiger partial charge on any atom is -0.505 e. The number of phenolic OH excluding ortho intramolecular Hbond substituents is 1. The molecule has 0 unspecified atom stereocenters. The fraction of sp³-hybridized carbons (Fsp3) is 0.353. The van der Waals surface area contributed by atoms with Gasteiger partial charge in [0.2, 0.25) is 0 Å². The molecule has 2 aromatic rings. The Morgan fingerprint density at radius 2 is 1.71 bits per heavy atom. The fourth-order valence-electron chi connectivity index (χ4n) is 2.14. The second-order valence-electron chi connectivity index (χ2n) is 5.99. The molecule has 1 amide bonds. The van der Waals surface area contributed by atoms with Gasteiger partial charge >= 0.3 is 0 Å². The number of anilines is 3. The summed E-state index contributed by atoms with van der Waals surface area (Å²) in [6.07, 6.45) is 0. The monoisotopic (exact) mass is 331 g/mol. The third kappa shape index (κ3) is 3.10. The Morgan fingerprint density at radius 1 is 1.08 bits per heavy atom. The molecule has 0 aliphatic rings. The summed E-state index contributed by atoms with van der Waals surface area (Å²) >= 11 is 0. The van der Waals surface area contributed by atoms with Crippen LogP contribution in [-0.4, -0.2) is 24.1 Å². The van der Waals surface area contributed by atoms with Gasteiger partial charge in [0.15, 0.2) is 5.75 Å². The zero-order chi connectivity index (χ0) is 18.0. The number of carbonyl (C=O) groups excluding carboxylic acids is 1. The molecule has 7 nitrogen and oxygen atoms in total. The molecule has 128 valence electrons. The van der Waals surface area contributed by atoms with Crippen LogP contribution in [0.3, 0.4) is 0 Å². The first-order chi connectivity index (χ1) is 11.3. The second kappa shape index (κ2) is 6.74. The quantitative estimate of drug-likeness (QED) is 0.472. The third-order valence-electron chi connectivity index (χ3n) is 4.05. The highest BCUT2D eigenvalue weighted by Crippen LogP contribution is 2.31. The van der Waals surface area contributed by atoms with Crippen molar-refractivity contribution in [3.05, 3.63) is 44.2 Å². The Balaban J connectivity index is 2.34. The molecule has 0 saturated heterocycles. The molecule has 1 atom stereocenters. The van der Waals surface area contributed by atoms with Gasteiger partial charge in [-0.3, -0.25) is 14.4 Å². The summed E-state index contributed by atoms with van der Waals surface area (Å²) in [5.74, 6) is -0.465. The summed E-state index contributed by atoms with van der Waals surface area (Å²) in [6, 6.07) is 4.55. The van der Waals surface area contributed by atoms with Crippen molar-refractivity contribution in [2.45, 2.75) is 26.8 Å². The summed E-state index contributed by atoms with van der Waals surface area (Å²) in [5, 5.41) is 18.4. The highest BCUT2D eigenvalue weighted by atomic mass is 16.3. The average molecular weight is 331 g/mol. The topological polar surface area (TPSA) is 108 Å². The second-order valence-corrected chi connectivity index (χ2v) is 5.99. The van der Waals surface area contributed by atoms with E-state index in [1.807, 2.05) is 20.8 Å². The summed E-state index contributed by atoms with van der Waals surface area (Å²) in [7, 11) is 1.45. The highest BCUT2D eigenvalue weighted by Gasteiger charge is 2.24. The summed E-state index contributed by atoms with van der Waals surface area (Å²) in [4.78, 5) is 35.3. The number of para-hydroxylation sites is 1. The molecule has 2 aromatic carbocycles. The van der Waals surface area contributed by atoms with Gasteiger partial charge in [-0.1, -0.05) is 19.9 Å². The predicted octanol–water partition coefficient (Wildman–Crippen LogP) is 1.55. The number of nitrogens with one attached hydrogen (secondary N) is 3. The summed E-state index contributed by atoms with van der Waals surface area (Å²) in [5.41, 5.74) is -0.692. The number of amides is 1. The number of hydrogen-bond acceptors (Lipinski definition) is 6. The normalized spacial score (nSPS) is 12.2. The Labute approximate surface area is 139 Å². The number of benzene rings is 1. The van der Waals surface area contributed by atoms with Crippen LogP contribution in [-0.2, 0) is 0 Å². The largest absolute Gasteiger partial charge is 0.505 e. The summed E-state index contributed by atoms with van der Waals surface area (Å²) < 4.78 is 0. The van der Waals surface area contributed by atoms with Crippen LogP contribution in [0.1, 0.15) is 31.1 Å². The van der Waals surface area contributed by atoms with E-state index in [2.05, 4.69) is 16.0 Å². The van der Waals surface area contributed by atoms with E-state index < -0.39 is 16.8 Å². The van der Waals surface area contributed by atoms with Crippen molar-refractivity contribution in [3.63, 3.8) is 0 Å². The molecule has 0 spiro atoms. The molecule has 0 aliphatic heterocycles. The van der Waals surface area contributed by atoms with Crippen molar-refractivity contribution < 1.29 is 9.90 Å². The van der Waals surface area contributed by atoms with Crippen molar-refractivity contribution in [1.82, 2.24) is 5.32 Å². The van der Waals surface area contributed by atoms with Crippen LogP contribution in [0.2, 0.25) is 0 Å². The van der Waals surface area contributed by atoms with E-state index in [-0.39, 0.29) is 40.3 Å². The number of hydrogen-bond donors (Lipinski definition) is 4. The van der Waals surface area contributed by atoms with Gasteiger partial charge in [0, 0.05) is 13.1 Å². The van der Waals surface area contributed by atoms with Gasteiger partial charge < -0.3 is 21.1 Å². The van der Waals surface area contributed by atoms with E-state index in [1.54, 1.807) is 6.07 Å². The lowest BCUT2D eigenvalue weighted by Gasteiger charge is -2.22. The first-order valence-electron chi connectivity index (χ1n) is 7.68. The zero-order valence-corrected chi connectivity index (χ0v) is 14.1. The lowest BCUT2D eigenvalue weighted by Crippen LogP contribution is -2.39. The standard InChI is InChI=1S/C17H21N3O4/c1-8(2)9(3)19-12-13(16(23)15(12)22)20-11-7-5-6-10(14(11)21)17(24)18-4/h5-9,19-21H,1-4H3,(H,18,24)/t9-/m0/s1. The van der Waals surface area contributed by atoms with Crippen LogP contribution >= 0.6 is 0 Å². The number of aromatic hydroxyl groups is 1. The lowest BCUT2D eigenvalue weighted by molar-refractivity contribution is 0.0960. The van der Waals surface area contributed by atoms with Crippen LogP contribution in [0.4, 0.5) is 17.1 Å². The van der Waals surface area contributed by atoms with E-state index in [4.69, 9.17) is 0 Å². The molecule has 0 radical (unpaired) electrons. The number of rotatable bonds is 6. The maximum absolute atomic E-state index is 11.8. The van der Waals surface area contributed by atoms with Crippen LogP contribution in [0.25, 0.3) is 0 Å². The van der Waals surface area contributed by atoms with E-state index in [0.717, 1.165) is 0 Å². The maximum atomic E-state index is 11.8. The maximum Gasteiger partial charge on any atom is 0.254 e. The zero-order valence-electron chi connectivity index (χ0n) is 14.1. The van der Waals surface area contributed by atoms with Gasteiger partial charge in [-0.2, -0.15) is 0 Å². The van der Waals surface area contributed by atoms with Crippen LogP contribution in [0, 0.1) is 5.92 Å². The summed E-state index contributed by atoms with van der Waals surface area (Å²) in [6.45, 7) is 5.90. The molecule has 2 rings (SSSR count). The highest BCUT2D eigenvalue weighted by molar-refractivity contribution is 5.99. The minimum absolute atomic E-state index is 0.000324. The Kier molecular flexibility index (Phi) is 4.92. The molecular formula is C17H21N3O4. The van der Waals surface area contributed by atoms with Gasteiger partial charge in [0.1, 0.15) is 11.4 Å². The lowest BCUT2D eigenvalue weighted by atomic mass is 10.0. The fourth-order valence-corrected chi connectivity index (χ4v) is 2.14. The van der Waals surface area contributed by atoms with Gasteiger partial charge in [-0.25, -0.2) is 0 Å². The first-order valence-corrected chi connectivity index (χ1v) is 7.68. The van der Waals surface area contributed by atoms with Crippen molar-refractivity contribution in [3.8, 4) is 5.75 Å². The van der Waals surface area contributed by atoms with Crippen LogP contribution < -0.4 is 26.8 Å². The molecule has 0 bridgehead atoms. The molecule has 0 saturated carbocycles. The van der Waals surface area contributed by atoms with Gasteiger partial charge in [-0.15, -0.1) is 0 Å². The molecule has 24 heavy (non-hydrogen) atoms. The average Bonchev–Trinajstić information content (AvgIpc) is 2.57. The SMILES string of the molecule is CNC(=O)c1cccc(Nc2c(N[C@@H](C)C(C)C)c(=O)c2=O)c1O. The molecule has 4 N–H and O–H groups in total. The van der Waals surface area contributed by atoms with E-state index >= 15 is 0 Å². The molecule has 7 heteroatoms. The van der Waals surface area contributed by atoms with Crippen molar-refractivity contribution in [2.24, 2.45) is 5.92 Å². The van der Waals surface area contributed by atoms with Crippen molar-refractivity contribution in [2.75, 3.05) is 17.7 Å². The minimum atomic E-state index is -0.654. The molecule has 0 aliphatic carbocycles. The third-order valence-corrected chi connectivity index (χ3v) is 4.05. The number of phenols is 1. The van der Waals surface area contributed by atoms with Crippen LogP contribution in [0.5, 0.6) is 5.75 Å². The Morgan fingerprint density at radius 3 is 2.29 bits per heavy atom. The molecular weight excluding hydrogens is 310 g/mol. The Hall–Kier alpha value is -2.83. The van der Waals surface area contributed by atoms with Crippen molar-refractivity contribution >= 4 is 23.0 Å². The number of carbonyl (C=O) groups is 1.